The summed E-state index contributed by atoms with van der Waals surface area (Å²) in [5.74, 6) is 0.435. The van der Waals surface area contributed by atoms with E-state index in [0.29, 0.717) is 12.5 Å². The molecule has 3 heteroatoms. The molecule has 1 saturated carbocycles. The van der Waals surface area contributed by atoms with E-state index in [9.17, 15) is 5.11 Å². The Labute approximate surface area is 104 Å². The number of hydrogen-bond donors (Lipinski definition) is 1. The Morgan fingerprint density at radius 2 is 1.94 bits per heavy atom. The van der Waals surface area contributed by atoms with Gasteiger partial charge in [0.15, 0.2) is 0 Å². The molecule has 0 aromatic carbocycles. The molecular formula is C13H25ClO2. The van der Waals surface area contributed by atoms with E-state index >= 15 is 0 Å². The summed E-state index contributed by atoms with van der Waals surface area (Å²) in [7, 11) is 0. The summed E-state index contributed by atoms with van der Waals surface area (Å²) in [6.45, 7) is 8.62. The highest BCUT2D eigenvalue weighted by atomic mass is 35.5. The van der Waals surface area contributed by atoms with Crippen LogP contribution in [0.4, 0.5) is 0 Å². The first-order valence-electron chi connectivity index (χ1n) is 6.28. The van der Waals surface area contributed by atoms with Crippen LogP contribution in [0.3, 0.4) is 0 Å². The van der Waals surface area contributed by atoms with Crippen molar-refractivity contribution >= 4 is 11.6 Å². The maximum Gasteiger partial charge on any atom is 0.0745 e. The molecule has 1 rings (SSSR count). The molecule has 0 bridgehead atoms. The zero-order valence-electron chi connectivity index (χ0n) is 10.9. The van der Waals surface area contributed by atoms with Crippen molar-refractivity contribution in [1.29, 1.82) is 0 Å². The van der Waals surface area contributed by atoms with Gasteiger partial charge in [0, 0.05) is 4.87 Å². The SMILES string of the molecule is CC(O)COC1(C(C)C)CCCC(C)(Cl)C1. The summed E-state index contributed by atoms with van der Waals surface area (Å²) in [5, 5.41) is 9.35. The largest absolute Gasteiger partial charge is 0.391 e. The maximum absolute atomic E-state index is 9.35. The van der Waals surface area contributed by atoms with Gasteiger partial charge in [-0.2, -0.15) is 0 Å². The Kier molecular flexibility index (Phi) is 4.67. The number of aliphatic hydroxyl groups excluding tert-OH is 1. The highest BCUT2D eigenvalue weighted by molar-refractivity contribution is 6.23. The second-order valence-corrected chi connectivity index (χ2v) is 6.74. The fourth-order valence-corrected chi connectivity index (χ4v) is 2.99. The number of hydrogen-bond acceptors (Lipinski definition) is 2. The van der Waals surface area contributed by atoms with Gasteiger partial charge in [-0.1, -0.05) is 13.8 Å². The normalized spacial score (nSPS) is 37.7. The second kappa shape index (κ2) is 5.24. The van der Waals surface area contributed by atoms with Crippen LogP contribution in [0.25, 0.3) is 0 Å². The Morgan fingerprint density at radius 1 is 1.31 bits per heavy atom. The quantitative estimate of drug-likeness (QED) is 0.774. The summed E-state index contributed by atoms with van der Waals surface area (Å²) in [6.07, 6.45) is 3.70. The predicted molar refractivity (Wildman–Crippen MR) is 67.9 cm³/mol. The van der Waals surface area contributed by atoms with Gasteiger partial charge >= 0.3 is 0 Å². The molecule has 0 aromatic heterocycles. The fourth-order valence-electron chi connectivity index (χ4n) is 2.63. The van der Waals surface area contributed by atoms with Gasteiger partial charge in [0.2, 0.25) is 0 Å². The number of aliphatic hydroxyl groups is 1. The monoisotopic (exact) mass is 248 g/mol. The molecule has 96 valence electrons. The van der Waals surface area contributed by atoms with Crippen LogP contribution in [0, 0.1) is 5.92 Å². The summed E-state index contributed by atoms with van der Waals surface area (Å²) in [6, 6.07) is 0. The lowest BCUT2D eigenvalue weighted by atomic mass is 9.72. The third-order valence-corrected chi connectivity index (χ3v) is 3.95. The van der Waals surface area contributed by atoms with E-state index in [1.54, 1.807) is 6.92 Å². The van der Waals surface area contributed by atoms with E-state index < -0.39 is 6.10 Å². The van der Waals surface area contributed by atoms with Gasteiger partial charge in [-0.25, -0.2) is 0 Å². The van der Waals surface area contributed by atoms with Gasteiger partial charge < -0.3 is 9.84 Å². The molecular weight excluding hydrogens is 224 g/mol. The van der Waals surface area contributed by atoms with Crippen molar-refractivity contribution in [2.24, 2.45) is 5.92 Å². The van der Waals surface area contributed by atoms with Gasteiger partial charge in [-0.3, -0.25) is 0 Å². The Balaban J connectivity index is 2.72. The molecule has 3 unspecified atom stereocenters. The van der Waals surface area contributed by atoms with E-state index in [1.165, 1.54) is 0 Å². The van der Waals surface area contributed by atoms with E-state index in [1.807, 2.05) is 0 Å². The van der Waals surface area contributed by atoms with Crippen LogP contribution >= 0.6 is 11.6 Å². The molecule has 1 fully saturated rings. The average Bonchev–Trinajstić information content (AvgIpc) is 2.13. The van der Waals surface area contributed by atoms with Crippen molar-refractivity contribution in [1.82, 2.24) is 0 Å². The third kappa shape index (κ3) is 3.61. The minimum absolute atomic E-state index is 0.147. The van der Waals surface area contributed by atoms with Crippen LogP contribution in [0.5, 0.6) is 0 Å². The summed E-state index contributed by atoms with van der Waals surface area (Å²) < 4.78 is 5.99. The molecule has 1 aliphatic rings. The molecule has 0 aromatic rings. The molecule has 0 radical (unpaired) electrons. The lowest BCUT2D eigenvalue weighted by Gasteiger charge is -2.46. The first-order valence-corrected chi connectivity index (χ1v) is 6.66. The van der Waals surface area contributed by atoms with E-state index in [0.717, 1.165) is 25.7 Å². The number of halogens is 1. The topological polar surface area (TPSA) is 29.5 Å². The maximum atomic E-state index is 9.35. The van der Waals surface area contributed by atoms with E-state index in [4.69, 9.17) is 16.3 Å². The van der Waals surface area contributed by atoms with Crippen LogP contribution in [-0.2, 0) is 4.74 Å². The van der Waals surface area contributed by atoms with Crippen molar-refractivity contribution < 1.29 is 9.84 Å². The van der Waals surface area contributed by atoms with E-state index in [2.05, 4.69) is 20.8 Å². The number of rotatable bonds is 4. The molecule has 2 nitrogen and oxygen atoms in total. The first kappa shape index (κ1) is 14.3. The van der Waals surface area contributed by atoms with Crippen LogP contribution in [0.2, 0.25) is 0 Å². The molecule has 0 spiro atoms. The predicted octanol–water partition coefficient (Wildman–Crippen LogP) is 3.35. The highest BCUT2D eigenvalue weighted by Crippen LogP contribution is 2.45. The van der Waals surface area contributed by atoms with Crippen molar-refractivity contribution in [3.05, 3.63) is 0 Å². The van der Waals surface area contributed by atoms with Crippen LogP contribution in [-0.4, -0.2) is 28.3 Å². The highest BCUT2D eigenvalue weighted by Gasteiger charge is 2.44. The lowest BCUT2D eigenvalue weighted by Crippen LogP contribution is -2.48. The van der Waals surface area contributed by atoms with Gasteiger partial charge in [0.1, 0.15) is 0 Å². The molecule has 0 heterocycles. The van der Waals surface area contributed by atoms with Crippen molar-refractivity contribution in [2.45, 2.75) is 70.0 Å². The second-order valence-electron chi connectivity index (χ2n) is 5.82. The van der Waals surface area contributed by atoms with Crippen molar-refractivity contribution in [3.8, 4) is 0 Å². The van der Waals surface area contributed by atoms with E-state index in [-0.39, 0.29) is 10.5 Å². The molecule has 0 saturated heterocycles. The van der Waals surface area contributed by atoms with Gasteiger partial charge in [-0.05, 0) is 45.4 Å². The summed E-state index contributed by atoms with van der Waals surface area (Å²) in [5.41, 5.74) is -0.147. The molecule has 3 atom stereocenters. The molecule has 1 N–H and O–H groups in total. The van der Waals surface area contributed by atoms with Gasteiger partial charge in [0.25, 0.3) is 0 Å². The standard InChI is InChI=1S/C13H25ClO2/c1-10(2)13(16-8-11(3)15)7-5-6-12(4,14)9-13/h10-11,15H,5-9H2,1-4H3. The number of ether oxygens (including phenoxy) is 1. The Bertz CT molecular complexity index is 226. The minimum atomic E-state index is -0.404. The first-order chi connectivity index (χ1) is 7.27. The Hall–Kier alpha value is 0.210. The molecule has 16 heavy (non-hydrogen) atoms. The van der Waals surface area contributed by atoms with Crippen LogP contribution < -0.4 is 0 Å². The summed E-state index contributed by atoms with van der Waals surface area (Å²) >= 11 is 6.47. The van der Waals surface area contributed by atoms with Crippen molar-refractivity contribution in [3.63, 3.8) is 0 Å². The molecule has 1 aliphatic carbocycles. The smallest absolute Gasteiger partial charge is 0.0745 e. The Morgan fingerprint density at radius 3 is 2.38 bits per heavy atom. The summed E-state index contributed by atoms with van der Waals surface area (Å²) in [4.78, 5) is -0.152. The lowest BCUT2D eigenvalue weighted by molar-refractivity contribution is -0.127. The zero-order chi connectivity index (χ0) is 12.4. The zero-order valence-corrected chi connectivity index (χ0v) is 11.7. The average molecular weight is 249 g/mol. The van der Waals surface area contributed by atoms with Crippen molar-refractivity contribution in [2.75, 3.05) is 6.61 Å². The molecule has 0 aliphatic heterocycles. The van der Waals surface area contributed by atoms with Gasteiger partial charge in [0.05, 0.1) is 18.3 Å². The fraction of sp³-hybridized carbons (Fsp3) is 1.00. The third-order valence-electron chi connectivity index (χ3n) is 3.63. The number of alkyl halides is 1. The van der Waals surface area contributed by atoms with Gasteiger partial charge in [-0.15, -0.1) is 11.6 Å². The van der Waals surface area contributed by atoms with Crippen LogP contribution in [0.15, 0.2) is 0 Å². The van der Waals surface area contributed by atoms with Crippen LogP contribution in [0.1, 0.15) is 53.4 Å². The molecule has 0 amide bonds. The minimum Gasteiger partial charge on any atom is -0.391 e.